The van der Waals surface area contributed by atoms with Crippen LogP contribution in [0.2, 0.25) is 10.0 Å². The maximum absolute atomic E-state index is 10.4. The zero-order valence-electron chi connectivity index (χ0n) is 15.8. The second kappa shape index (κ2) is 11.5. The third-order valence-electron chi connectivity index (χ3n) is 3.99. The normalized spacial score (nSPS) is 13.3. The van der Waals surface area contributed by atoms with Crippen LogP contribution in [0.4, 0.5) is 0 Å². The molecule has 2 aromatic carbocycles. The predicted molar refractivity (Wildman–Crippen MR) is 124 cm³/mol. The van der Waals surface area contributed by atoms with Gasteiger partial charge in [0.2, 0.25) is 0 Å². The average molecular weight is 540 g/mol. The molecule has 2 aromatic rings. The van der Waals surface area contributed by atoms with E-state index in [0.29, 0.717) is 27.1 Å². The van der Waals surface area contributed by atoms with Crippen molar-refractivity contribution in [3.8, 4) is 11.5 Å². The fourth-order valence-electron chi connectivity index (χ4n) is 2.51. The number of hydrogen-bond acceptors (Lipinski definition) is 4. The summed E-state index contributed by atoms with van der Waals surface area (Å²) in [6.45, 7) is 1.98. The Labute approximate surface area is 192 Å². The van der Waals surface area contributed by atoms with Gasteiger partial charge in [0, 0.05) is 16.1 Å². The van der Waals surface area contributed by atoms with E-state index in [1.807, 2.05) is 13.0 Å². The maximum atomic E-state index is 10.4. The summed E-state index contributed by atoms with van der Waals surface area (Å²) in [4.78, 5) is 4.21. The molecule has 2 atom stereocenters. The Bertz CT molecular complexity index is 799. The quantitative estimate of drug-likeness (QED) is 0.277. The molecule has 9 heteroatoms. The van der Waals surface area contributed by atoms with Crippen LogP contribution in [-0.4, -0.2) is 31.8 Å². The van der Waals surface area contributed by atoms with Crippen molar-refractivity contribution in [2.75, 3.05) is 20.8 Å². The highest BCUT2D eigenvalue weighted by atomic mass is 127. The lowest BCUT2D eigenvalue weighted by Crippen LogP contribution is -2.34. The Morgan fingerprint density at radius 1 is 1.14 bits per heavy atom. The monoisotopic (exact) mass is 539 g/mol. The summed E-state index contributed by atoms with van der Waals surface area (Å²) in [7, 11) is 3.10. The maximum Gasteiger partial charge on any atom is 0.189 e. The van der Waals surface area contributed by atoms with Gasteiger partial charge in [0.05, 0.1) is 32.9 Å². The van der Waals surface area contributed by atoms with E-state index in [-0.39, 0.29) is 42.5 Å². The SMILES string of the molecule is COc1cc(OC)cc(C(O)CN=C(N)NC(C)c2ccc(Cl)cc2Cl)c1.I. The van der Waals surface area contributed by atoms with E-state index in [0.717, 1.165) is 5.56 Å². The van der Waals surface area contributed by atoms with Crippen LogP contribution in [0.5, 0.6) is 11.5 Å². The molecule has 0 aliphatic rings. The molecule has 0 aromatic heterocycles. The van der Waals surface area contributed by atoms with Gasteiger partial charge in [0.25, 0.3) is 0 Å². The molecule has 0 spiro atoms. The first-order valence-electron chi connectivity index (χ1n) is 8.26. The highest BCUT2D eigenvalue weighted by Gasteiger charge is 2.13. The molecule has 4 N–H and O–H groups in total. The first-order valence-corrected chi connectivity index (χ1v) is 9.02. The van der Waals surface area contributed by atoms with E-state index in [4.69, 9.17) is 38.4 Å². The van der Waals surface area contributed by atoms with Gasteiger partial charge >= 0.3 is 0 Å². The molecule has 2 unspecified atom stereocenters. The van der Waals surface area contributed by atoms with Gasteiger partial charge in [0.1, 0.15) is 11.5 Å². The van der Waals surface area contributed by atoms with Crippen LogP contribution in [0.25, 0.3) is 0 Å². The Morgan fingerprint density at radius 2 is 1.75 bits per heavy atom. The number of aliphatic imine (C=N–C) groups is 1. The topological polar surface area (TPSA) is 89.1 Å². The molecule has 0 saturated carbocycles. The number of nitrogens with one attached hydrogen (secondary N) is 1. The molecule has 0 fully saturated rings. The van der Waals surface area contributed by atoms with Crippen LogP contribution in [-0.2, 0) is 0 Å². The van der Waals surface area contributed by atoms with Crippen molar-refractivity contribution < 1.29 is 14.6 Å². The number of nitrogens with zero attached hydrogens (tertiary/aromatic N) is 1. The lowest BCUT2D eigenvalue weighted by atomic mass is 10.1. The Morgan fingerprint density at radius 3 is 2.29 bits per heavy atom. The Hall–Kier alpha value is -1.42. The van der Waals surface area contributed by atoms with Gasteiger partial charge in [-0.3, -0.25) is 4.99 Å². The lowest BCUT2D eigenvalue weighted by molar-refractivity contribution is 0.186. The van der Waals surface area contributed by atoms with E-state index in [2.05, 4.69) is 10.3 Å². The van der Waals surface area contributed by atoms with Gasteiger partial charge in [0.15, 0.2) is 5.96 Å². The molecule has 0 saturated heterocycles. The van der Waals surface area contributed by atoms with Crippen molar-refractivity contribution >= 4 is 53.1 Å². The molecule has 0 bridgehead atoms. The molecule has 0 aliphatic heterocycles. The van der Waals surface area contributed by atoms with Gasteiger partial charge in [-0.1, -0.05) is 29.3 Å². The van der Waals surface area contributed by atoms with Gasteiger partial charge in [-0.25, -0.2) is 0 Å². The van der Waals surface area contributed by atoms with Crippen molar-refractivity contribution in [2.24, 2.45) is 10.7 Å². The molecule has 0 heterocycles. The second-order valence-electron chi connectivity index (χ2n) is 5.92. The highest BCUT2D eigenvalue weighted by molar-refractivity contribution is 14.0. The zero-order valence-corrected chi connectivity index (χ0v) is 19.6. The van der Waals surface area contributed by atoms with Crippen molar-refractivity contribution in [3.63, 3.8) is 0 Å². The molecule has 154 valence electrons. The molecule has 28 heavy (non-hydrogen) atoms. The summed E-state index contributed by atoms with van der Waals surface area (Å²) in [5.41, 5.74) is 7.41. The standard InChI is InChI=1S/C19H23Cl2N3O3.HI/c1-11(16-5-4-13(20)8-17(16)21)24-19(22)23-10-18(25)12-6-14(26-2)9-15(7-12)27-3;/h4-9,11,18,25H,10H2,1-3H3,(H3,22,23,24);1H. The van der Waals surface area contributed by atoms with E-state index < -0.39 is 6.10 Å². The van der Waals surface area contributed by atoms with E-state index in [1.165, 1.54) is 0 Å². The van der Waals surface area contributed by atoms with Crippen LogP contribution in [0, 0.1) is 0 Å². The summed E-state index contributed by atoms with van der Waals surface area (Å²) in [5.74, 6) is 1.37. The largest absolute Gasteiger partial charge is 0.497 e. The van der Waals surface area contributed by atoms with E-state index in [9.17, 15) is 5.11 Å². The third kappa shape index (κ3) is 6.88. The Kier molecular flexibility index (Phi) is 10.2. The third-order valence-corrected chi connectivity index (χ3v) is 4.55. The van der Waals surface area contributed by atoms with Crippen molar-refractivity contribution in [1.82, 2.24) is 5.32 Å². The van der Waals surface area contributed by atoms with Gasteiger partial charge in [-0.2, -0.15) is 0 Å². The first kappa shape index (κ1) is 24.6. The number of nitrogens with two attached hydrogens (primary N) is 1. The summed E-state index contributed by atoms with van der Waals surface area (Å²) < 4.78 is 10.4. The fraction of sp³-hybridized carbons (Fsp3) is 0.316. The van der Waals surface area contributed by atoms with Crippen LogP contribution < -0.4 is 20.5 Å². The van der Waals surface area contributed by atoms with E-state index in [1.54, 1.807) is 44.6 Å². The smallest absolute Gasteiger partial charge is 0.189 e. The highest BCUT2D eigenvalue weighted by Crippen LogP contribution is 2.27. The first-order chi connectivity index (χ1) is 12.8. The molecule has 0 aliphatic carbocycles. The number of hydrogen-bond donors (Lipinski definition) is 3. The van der Waals surface area contributed by atoms with Crippen LogP contribution in [0.1, 0.15) is 30.2 Å². The van der Waals surface area contributed by atoms with Crippen LogP contribution in [0.15, 0.2) is 41.4 Å². The van der Waals surface area contributed by atoms with Gasteiger partial charge in [-0.05, 0) is 42.3 Å². The number of ether oxygens (including phenoxy) is 2. The predicted octanol–water partition coefficient (Wildman–Crippen LogP) is 4.33. The van der Waals surface area contributed by atoms with Crippen LogP contribution in [0.3, 0.4) is 0 Å². The number of halogens is 3. The number of guanidine groups is 1. The minimum atomic E-state index is -0.858. The van der Waals surface area contributed by atoms with Gasteiger partial charge < -0.3 is 25.6 Å². The number of aliphatic hydroxyl groups excluding tert-OH is 1. The number of aliphatic hydroxyl groups is 1. The number of rotatable bonds is 7. The van der Waals surface area contributed by atoms with E-state index >= 15 is 0 Å². The molecule has 2 rings (SSSR count). The minimum absolute atomic E-state index is 0. The molecule has 0 amide bonds. The fourth-order valence-corrected chi connectivity index (χ4v) is 3.08. The second-order valence-corrected chi connectivity index (χ2v) is 6.76. The summed E-state index contributed by atoms with van der Waals surface area (Å²) >= 11 is 12.1. The molecule has 6 nitrogen and oxygen atoms in total. The molecular formula is C19H24Cl2IN3O3. The van der Waals surface area contributed by atoms with Crippen molar-refractivity contribution in [2.45, 2.75) is 19.1 Å². The summed E-state index contributed by atoms with van der Waals surface area (Å²) in [5, 5.41) is 14.6. The zero-order chi connectivity index (χ0) is 20.0. The minimum Gasteiger partial charge on any atom is -0.497 e. The average Bonchev–Trinajstić information content (AvgIpc) is 2.65. The summed E-state index contributed by atoms with van der Waals surface area (Å²) in [6.07, 6.45) is -0.858. The molecular weight excluding hydrogens is 516 g/mol. The van der Waals surface area contributed by atoms with Crippen molar-refractivity contribution in [3.05, 3.63) is 57.6 Å². The number of benzene rings is 2. The number of methoxy groups -OCH3 is 2. The van der Waals surface area contributed by atoms with Gasteiger partial charge in [-0.15, -0.1) is 24.0 Å². The Balaban J connectivity index is 0.00000392. The molecule has 0 radical (unpaired) electrons. The van der Waals surface area contributed by atoms with Crippen molar-refractivity contribution in [1.29, 1.82) is 0 Å². The lowest BCUT2D eigenvalue weighted by Gasteiger charge is -2.17. The summed E-state index contributed by atoms with van der Waals surface area (Å²) in [6, 6.07) is 10.3. The van der Waals surface area contributed by atoms with Crippen LogP contribution >= 0.6 is 47.2 Å².